The van der Waals surface area contributed by atoms with Gasteiger partial charge in [0.2, 0.25) is 0 Å². The standard InChI is InChI=1S/C13H17ClO2/c1-9-6-7-16-13(9)12(15)8-10-4-2-3-5-11(10)14/h2-5,9,12-13,15H,6-8H2,1H3. The number of ether oxygens (including phenoxy) is 1. The van der Waals surface area contributed by atoms with Crippen LogP contribution in [0, 0.1) is 5.92 Å². The molecule has 1 aromatic carbocycles. The van der Waals surface area contributed by atoms with E-state index in [-0.39, 0.29) is 6.10 Å². The Morgan fingerprint density at radius 2 is 2.25 bits per heavy atom. The van der Waals surface area contributed by atoms with Crippen LogP contribution in [0.15, 0.2) is 24.3 Å². The van der Waals surface area contributed by atoms with Crippen molar-refractivity contribution in [2.75, 3.05) is 6.61 Å². The fourth-order valence-electron chi connectivity index (χ4n) is 2.21. The first-order chi connectivity index (χ1) is 7.68. The highest BCUT2D eigenvalue weighted by Crippen LogP contribution is 2.26. The third-order valence-electron chi connectivity index (χ3n) is 3.21. The van der Waals surface area contributed by atoms with Crippen molar-refractivity contribution in [1.82, 2.24) is 0 Å². The molecule has 0 aliphatic carbocycles. The fourth-order valence-corrected chi connectivity index (χ4v) is 2.43. The summed E-state index contributed by atoms with van der Waals surface area (Å²) < 4.78 is 5.55. The number of aliphatic hydroxyl groups excluding tert-OH is 1. The summed E-state index contributed by atoms with van der Waals surface area (Å²) in [6.07, 6.45) is 1.09. The Labute approximate surface area is 101 Å². The van der Waals surface area contributed by atoms with E-state index in [2.05, 4.69) is 6.92 Å². The summed E-state index contributed by atoms with van der Waals surface area (Å²) in [7, 11) is 0. The molecular formula is C13H17ClO2. The predicted molar refractivity (Wildman–Crippen MR) is 64.7 cm³/mol. The van der Waals surface area contributed by atoms with E-state index in [0.717, 1.165) is 18.6 Å². The molecule has 2 nitrogen and oxygen atoms in total. The highest BCUT2D eigenvalue weighted by molar-refractivity contribution is 6.31. The van der Waals surface area contributed by atoms with Gasteiger partial charge in [-0.1, -0.05) is 36.7 Å². The van der Waals surface area contributed by atoms with E-state index < -0.39 is 6.10 Å². The minimum Gasteiger partial charge on any atom is -0.390 e. The summed E-state index contributed by atoms with van der Waals surface area (Å²) >= 11 is 6.06. The van der Waals surface area contributed by atoms with Crippen LogP contribution in [0.25, 0.3) is 0 Å². The molecule has 1 heterocycles. The largest absolute Gasteiger partial charge is 0.390 e. The SMILES string of the molecule is CC1CCOC1C(O)Cc1ccccc1Cl. The number of benzene rings is 1. The Hall–Kier alpha value is -0.570. The molecule has 16 heavy (non-hydrogen) atoms. The maximum Gasteiger partial charge on any atom is 0.0863 e. The molecule has 1 aliphatic rings. The van der Waals surface area contributed by atoms with E-state index in [1.165, 1.54) is 0 Å². The van der Waals surface area contributed by atoms with Crippen LogP contribution in [0.2, 0.25) is 5.02 Å². The molecule has 0 spiro atoms. The second-order valence-electron chi connectivity index (χ2n) is 4.46. The first-order valence-corrected chi connectivity index (χ1v) is 6.09. The maximum absolute atomic E-state index is 10.1. The predicted octanol–water partition coefficient (Wildman–Crippen LogP) is 2.67. The van der Waals surface area contributed by atoms with Gasteiger partial charge in [-0.2, -0.15) is 0 Å². The molecule has 1 aromatic rings. The second-order valence-corrected chi connectivity index (χ2v) is 4.87. The summed E-state index contributed by atoms with van der Waals surface area (Å²) in [4.78, 5) is 0. The van der Waals surface area contributed by atoms with E-state index >= 15 is 0 Å². The lowest BCUT2D eigenvalue weighted by Gasteiger charge is -2.21. The molecule has 3 unspecified atom stereocenters. The Balaban J connectivity index is 2.02. The van der Waals surface area contributed by atoms with Crippen LogP contribution in [0.5, 0.6) is 0 Å². The number of rotatable bonds is 3. The molecule has 1 fully saturated rings. The van der Waals surface area contributed by atoms with E-state index in [0.29, 0.717) is 17.4 Å². The van der Waals surface area contributed by atoms with Crippen molar-refractivity contribution in [3.05, 3.63) is 34.9 Å². The Bertz CT molecular complexity index is 354. The van der Waals surface area contributed by atoms with Gasteiger partial charge in [-0.3, -0.25) is 0 Å². The quantitative estimate of drug-likeness (QED) is 0.880. The lowest BCUT2D eigenvalue weighted by atomic mass is 9.95. The highest BCUT2D eigenvalue weighted by atomic mass is 35.5. The van der Waals surface area contributed by atoms with Gasteiger partial charge in [-0.05, 0) is 24.0 Å². The van der Waals surface area contributed by atoms with Gasteiger partial charge in [0.1, 0.15) is 0 Å². The van der Waals surface area contributed by atoms with Crippen molar-refractivity contribution in [2.45, 2.75) is 32.0 Å². The number of halogens is 1. The molecule has 2 rings (SSSR count). The van der Waals surface area contributed by atoms with Crippen LogP contribution < -0.4 is 0 Å². The minimum absolute atomic E-state index is 0.0451. The highest BCUT2D eigenvalue weighted by Gasteiger charge is 2.31. The van der Waals surface area contributed by atoms with Gasteiger partial charge >= 0.3 is 0 Å². The van der Waals surface area contributed by atoms with E-state index in [4.69, 9.17) is 16.3 Å². The van der Waals surface area contributed by atoms with Gasteiger partial charge in [0, 0.05) is 18.1 Å². The maximum atomic E-state index is 10.1. The van der Waals surface area contributed by atoms with Gasteiger partial charge in [0.05, 0.1) is 12.2 Å². The van der Waals surface area contributed by atoms with Crippen LogP contribution in [-0.2, 0) is 11.2 Å². The summed E-state index contributed by atoms with van der Waals surface area (Å²) in [5, 5.41) is 10.8. The molecule has 3 atom stereocenters. The van der Waals surface area contributed by atoms with Gasteiger partial charge in [-0.25, -0.2) is 0 Å². The van der Waals surface area contributed by atoms with Gasteiger partial charge in [-0.15, -0.1) is 0 Å². The monoisotopic (exact) mass is 240 g/mol. The summed E-state index contributed by atoms with van der Waals surface area (Å²) in [6.45, 7) is 2.87. The third-order valence-corrected chi connectivity index (χ3v) is 3.58. The van der Waals surface area contributed by atoms with Crippen LogP contribution in [0.1, 0.15) is 18.9 Å². The van der Waals surface area contributed by atoms with Gasteiger partial charge in [0.15, 0.2) is 0 Å². The smallest absolute Gasteiger partial charge is 0.0863 e. The third kappa shape index (κ3) is 2.57. The number of hydrogen-bond donors (Lipinski definition) is 1. The summed E-state index contributed by atoms with van der Waals surface area (Å²) in [6, 6.07) is 7.63. The first kappa shape index (κ1) is 11.9. The van der Waals surface area contributed by atoms with E-state index in [9.17, 15) is 5.11 Å². The van der Waals surface area contributed by atoms with Crippen molar-refractivity contribution in [3.8, 4) is 0 Å². The van der Waals surface area contributed by atoms with Crippen molar-refractivity contribution in [3.63, 3.8) is 0 Å². The zero-order valence-corrected chi connectivity index (χ0v) is 10.2. The van der Waals surface area contributed by atoms with Crippen LogP contribution in [-0.4, -0.2) is 23.9 Å². The molecule has 1 N–H and O–H groups in total. The van der Waals surface area contributed by atoms with Crippen molar-refractivity contribution >= 4 is 11.6 Å². The Morgan fingerprint density at radius 3 is 2.88 bits per heavy atom. The van der Waals surface area contributed by atoms with Gasteiger partial charge < -0.3 is 9.84 Å². The summed E-state index contributed by atoms with van der Waals surface area (Å²) in [5.41, 5.74) is 0.986. The molecule has 88 valence electrons. The molecule has 1 aliphatic heterocycles. The van der Waals surface area contributed by atoms with Crippen LogP contribution >= 0.6 is 11.6 Å². The lowest BCUT2D eigenvalue weighted by molar-refractivity contribution is -0.0157. The minimum atomic E-state index is -0.461. The molecule has 0 saturated carbocycles. The number of aliphatic hydroxyl groups is 1. The van der Waals surface area contributed by atoms with Crippen LogP contribution in [0.4, 0.5) is 0 Å². The molecule has 0 radical (unpaired) electrons. The molecule has 3 heteroatoms. The van der Waals surface area contributed by atoms with Crippen molar-refractivity contribution in [1.29, 1.82) is 0 Å². The zero-order valence-electron chi connectivity index (χ0n) is 9.40. The molecule has 1 saturated heterocycles. The average molecular weight is 241 g/mol. The second kappa shape index (κ2) is 5.17. The molecule has 0 aromatic heterocycles. The normalized spacial score (nSPS) is 26.9. The Kier molecular flexibility index (Phi) is 3.85. The Morgan fingerprint density at radius 1 is 1.50 bits per heavy atom. The van der Waals surface area contributed by atoms with Crippen LogP contribution in [0.3, 0.4) is 0 Å². The first-order valence-electron chi connectivity index (χ1n) is 5.71. The molecular weight excluding hydrogens is 224 g/mol. The molecule has 0 bridgehead atoms. The number of hydrogen-bond acceptors (Lipinski definition) is 2. The van der Waals surface area contributed by atoms with Gasteiger partial charge in [0.25, 0.3) is 0 Å². The van der Waals surface area contributed by atoms with Crippen molar-refractivity contribution in [2.24, 2.45) is 5.92 Å². The van der Waals surface area contributed by atoms with Crippen molar-refractivity contribution < 1.29 is 9.84 Å². The topological polar surface area (TPSA) is 29.5 Å². The van der Waals surface area contributed by atoms with E-state index in [1.54, 1.807) is 0 Å². The zero-order chi connectivity index (χ0) is 11.5. The molecule has 0 amide bonds. The average Bonchev–Trinajstić information content (AvgIpc) is 2.68. The summed E-state index contributed by atoms with van der Waals surface area (Å²) in [5.74, 6) is 0.428. The fraction of sp³-hybridized carbons (Fsp3) is 0.538. The lowest BCUT2D eigenvalue weighted by Crippen LogP contribution is -2.31. The van der Waals surface area contributed by atoms with E-state index in [1.807, 2.05) is 24.3 Å².